The minimum atomic E-state index is -0.225. The van der Waals surface area contributed by atoms with Crippen molar-refractivity contribution < 1.29 is 9.90 Å². The number of nitrogens with zero attached hydrogens (tertiary/aromatic N) is 1. The standard InChI is InChI=1S/C16H13N3O3S/c20-11-7-5-10(6-8-11)17-14(21)9-23-16-18-13-4-2-1-3-12(13)15(22)19-16/h1-8,20H,9H2,(H,17,21)(H,18,19,22). The summed E-state index contributed by atoms with van der Waals surface area (Å²) in [5.41, 5.74) is 0.961. The summed E-state index contributed by atoms with van der Waals surface area (Å²) in [5.74, 6) is 0.0223. The maximum Gasteiger partial charge on any atom is 0.259 e. The molecule has 1 aromatic heterocycles. The Kier molecular flexibility index (Phi) is 4.29. The monoisotopic (exact) mass is 327 g/mol. The first-order valence-corrected chi connectivity index (χ1v) is 7.81. The first kappa shape index (κ1) is 15.1. The number of phenolic OH excluding ortho intramolecular Hbond substituents is 1. The first-order valence-electron chi connectivity index (χ1n) is 6.82. The second-order valence-electron chi connectivity index (χ2n) is 4.77. The fourth-order valence-corrected chi connectivity index (χ4v) is 2.68. The van der Waals surface area contributed by atoms with Crippen LogP contribution in [0.4, 0.5) is 5.69 Å². The van der Waals surface area contributed by atoms with Gasteiger partial charge in [0.1, 0.15) is 5.75 Å². The lowest BCUT2D eigenvalue weighted by Gasteiger charge is -2.05. The smallest absolute Gasteiger partial charge is 0.259 e. The van der Waals surface area contributed by atoms with Gasteiger partial charge in [-0.05, 0) is 36.4 Å². The zero-order valence-corrected chi connectivity index (χ0v) is 12.8. The number of hydrogen-bond acceptors (Lipinski definition) is 5. The molecule has 3 N–H and O–H groups in total. The number of thioether (sulfide) groups is 1. The molecule has 0 unspecified atom stereocenters. The third-order valence-electron chi connectivity index (χ3n) is 3.08. The molecule has 0 spiro atoms. The highest BCUT2D eigenvalue weighted by Crippen LogP contribution is 2.17. The Labute approximate surface area is 135 Å². The van der Waals surface area contributed by atoms with Crippen molar-refractivity contribution in [2.45, 2.75) is 5.16 Å². The number of carbonyl (C=O) groups excluding carboxylic acids is 1. The van der Waals surface area contributed by atoms with Crippen molar-refractivity contribution in [2.24, 2.45) is 0 Å². The summed E-state index contributed by atoms with van der Waals surface area (Å²) in [4.78, 5) is 30.8. The fourth-order valence-electron chi connectivity index (χ4n) is 2.01. The number of phenols is 1. The van der Waals surface area contributed by atoms with E-state index in [0.29, 0.717) is 21.7 Å². The summed E-state index contributed by atoms with van der Waals surface area (Å²) in [6, 6.07) is 13.2. The topological polar surface area (TPSA) is 95.1 Å². The summed E-state index contributed by atoms with van der Waals surface area (Å²) >= 11 is 1.15. The number of aromatic hydroxyl groups is 1. The maximum atomic E-state index is 11.9. The van der Waals surface area contributed by atoms with E-state index in [1.54, 1.807) is 36.4 Å². The van der Waals surface area contributed by atoms with Gasteiger partial charge in [-0.15, -0.1) is 0 Å². The van der Waals surface area contributed by atoms with Crippen LogP contribution in [0.3, 0.4) is 0 Å². The van der Waals surface area contributed by atoms with Crippen LogP contribution in [0.5, 0.6) is 5.75 Å². The molecule has 3 rings (SSSR count). The summed E-state index contributed by atoms with van der Waals surface area (Å²) in [6.45, 7) is 0. The molecule has 0 aliphatic heterocycles. The molecule has 116 valence electrons. The highest BCUT2D eigenvalue weighted by atomic mass is 32.2. The van der Waals surface area contributed by atoms with E-state index >= 15 is 0 Å². The van der Waals surface area contributed by atoms with Crippen LogP contribution in [0, 0.1) is 0 Å². The average Bonchev–Trinajstić information content (AvgIpc) is 2.55. The quantitative estimate of drug-likeness (QED) is 0.388. The van der Waals surface area contributed by atoms with Crippen LogP contribution < -0.4 is 10.9 Å². The van der Waals surface area contributed by atoms with Gasteiger partial charge in [0.25, 0.3) is 5.56 Å². The molecule has 0 saturated carbocycles. The van der Waals surface area contributed by atoms with Gasteiger partial charge in [-0.3, -0.25) is 9.59 Å². The van der Waals surface area contributed by atoms with Gasteiger partial charge in [0.2, 0.25) is 5.91 Å². The van der Waals surface area contributed by atoms with E-state index in [1.165, 1.54) is 12.1 Å². The molecular formula is C16H13N3O3S. The Morgan fingerprint density at radius 3 is 2.70 bits per heavy atom. The van der Waals surface area contributed by atoms with E-state index in [-0.39, 0.29) is 23.0 Å². The molecule has 1 amide bonds. The number of nitrogens with one attached hydrogen (secondary N) is 2. The van der Waals surface area contributed by atoms with Crippen molar-refractivity contribution in [1.82, 2.24) is 9.97 Å². The zero-order valence-electron chi connectivity index (χ0n) is 11.9. The Balaban J connectivity index is 1.67. The first-order chi connectivity index (χ1) is 11.1. The van der Waals surface area contributed by atoms with Gasteiger partial charge in [-0.1, -0.05) is 23.9 Å². The molecule has 0 atom stereocenters. The lowest BCUT2D eigenvalue weighted by atomic mass is 10.2. The van der Waals surface area contributed by atoms with E-state index < -0.39 is 0 Å². The fraction of sp³-hybridized carbons (Fsp3) is 0.0625. The molecule has 6 nitrogen and oxygen atoms in total. The van der Waals surface area contributed by atoms with Crippen LogP contribution in [0.15, 0.2) is 58.5 Å². The van der Waals surface area contributed by atoms with Crippen LogP contribution in [-0.2, 0) is 4.79 Å². The third kappa shape index (κ3) is 3.70. The highest BCUT2D eigenvalue weighted by molar-refractivity contribution is 7.99. The molecule has 0 radical (unpaired) electrons. The van der Waals surface area contributed by atoms with Crippen molar-refractivity contribution in [3.8, 4) is 5.75 Å². The molecule has 0 aliphatic carbocycles. The number of anilines is 1. The molecule has 0 aliphatic rings. The molecule has 0 saturated heterocycles. The Morgan fingerprint density at radius 2 is 1.91 bits per heavy atom. The van der Waals surface area contributed by atoms with Crippen LogP contribution in [0.25, 0.3) is 10.9 Å². The van der Waals surface area contributed by atoms with Crippen molar-refractivity contribution in [3.05, 3.63) is 58.9 Å². The summed E-state index contributed by atoms with van der Waals surface area (Å²) in [5, 5.41) is 12.8. The Bertz CT molecular complexity index is 906. The molecule has 23 heavy (non-hydrogen) atoms. The van der Waals surface area contributed by atoms with Gasteiger partial charge in [-0.2, -0.15) is 0 Å². The van der Waals surface area contributed by atoms with E-state index in [1.807, 2.05) is 0 Å². The minimum Gasteiger partial charge on any atom is -0.508 e. The van der Waals surface area contributed by atoms with E-state index in [2.05, 4.69) is 15.3 Å². The van der Waals surface area contributed by atoms with E-state index in [4.69, 9.17) is 0 Å². The molecule has 2 aromatic carbocycles. The molecule has 3 aromatic rings. The number of hydrogen-bond donors (Lipinski definition) is 3. The van der Waals surface area contributed by atoms with E-state index in [9.17, 15) is 14.7 Å². The number of benzene rings is 2. The van der Waals surface area contributed by atoms with Crippen molar-refractivity contribution in [2.75, 3.05) is 11.1 Å². The summed E-state index contributed by atoms with van der Waals surface area (Å²) in [6.07, 6.45) is 0. The highest BCUT2D eigenvalue weighted by Gasteiger charge is 2.07. The summed E-state index contributed by atoms with van der Waals surface area (Å²) in [7, 11) is 0. The molecule has 1 heterocycles. The van der Waals surface area contributed by atoms with Crippen LogP contribution in [-0.4, -0.2) is 26.7 Å². The molecular weight excluding hydrogens is 314 g/mol. The number of carbonyl (C=O) groups is 1. The van der Waals surface area contributed by atoms with Crippen LogP contribution in [0.2, 0.25) is 0 Å². The van der Waals surface area contributed by atoms with Gasteiger partial charge in [-0.25, -0.2) is 4.98 Å². The van der Waals surface area contributed by atoms with Crippen molar-refractivity contribution in [3.63, 3.8) is 0 Å². The molecule has 0 fully saturated rings. The normalized spacial score (nSPS) is 10.6. The lowest BCUT2D eigenvalue weighted by Crippen LogP contribution is -2.15. The second-order valence-corrected chi connectivity index (χ2v) is 5.74. The average molecular weight is 327 g/mol. The second kappa shape index (κ2) is 6.53. The van der Waals surface area contributed by atoms with Gasteiger partial charge in [0.15, 0.2) is 5.16 Å². The predicted octanol–water partition coefficient (Wildman–Crippen LogP) is 2.36. The summed E-state index contributed by atoms with van der Waals surface area (Å²) < 4.78 is 0. The number of rotatable bonds is 4. The maximum absolute atomic E-state index is 11.9. The lowest BCUT2D eigenvalue weighted by molar-refractivity contribution is -0.113. The number of aromatic amines is 1. The number of amides is 1. The van der Waals surface area contributed by atoms with Crippen LogP contribution in [0.1, 0.15) is 0 Å². The van der Waals surface area contributed by atoms with Crippen molar-refractivity contribution in [1.29, 1.82) is 0 Å². The van der Waals surface area contributed by atoms with Gasteiger partial charge in [0.05, 0.1) is 16.7 Å². The van der Waals surface area contributed by atoms with Gasteiger partial charge in [0, 0.05) is 5.69 Å². The SMILES string of the molecule is O=C(CSc1nc2ccccc2c(=O)[nH]1)Nc1ccc(O)cc1. The number of aromatic nitrogens is 2. The predicted molar refractivity (Wildman–Crippen MR) is 89.8 cm³/mol. The number of para-hydroxylation sites is 1. The van der Waals surface area contributed by atoms with E-state index in [0.717, 1.165) is 11.8 Å². The zero-order chi connectivity index (χ0) is 16.2. The largest absolute Gasteiger partial charge is 0.508 e. The van der Waals surface area contributed by atoms with Crippen molar-refractivity contribution >= 4 is 34.3 Å². The van der Waals surface area contributed by atoms with Gasteiger partial charge < -0.3 is 15.4 Å². The minimum absolute atomic E-state index is 0.113. The Hall–Kier alpha value is -2.80. The third-order valence-corrected chi connectivity index (χ3v) is 3.96. The number of H-pyrrole nitrogens is 1. The molecule has 0 bridgehead atoms. The van der Waals surface area contributed by atoms with Gasteiger partial charge >= 0.3 is 0 Å². The molecule has 7 heteroatoms. The van der Waals surface area contributed by atoms with Crippen LogP contribution >= 0.6 is 11.8 Å². The number of fused-ring (bicyclic) bond motifs is 1. The Morgan fingerprint density at radius 1 is 1.17 bits per heavy atom.